The van der Waals surface area contributed by atoms with Crippen LogP contribution in [0.2, 0.25) is 0 Å². The van der Waals surface area contributed by atoms with Gasteiger partial charge in [-0.2, -0.15) is 0 Å². The van der Waals surface area contributed by atoms with Crippen LogP contribution in [0, 0.1) is 5.92 Å². The Bertz CT molecular complexity index is 1020. The topological polar surface area (TPSA) is 80.8 Å². The van der Waals surface area contributed by atoms with Gasteiger partial charge in [0, 0.05) is 36.4 Å². The van der Waals surface area contributed by atoms with Gasteiger partial charge in [0.05, 0.1) is 4.90 Å². The van der Waals surface area contributed by atoms with Crippen molar-refractivity contribution in [3.8, 4) is 11.5 Å². The molecule has 154 valence electrons. The molecule has 1 amide bonds. The minimum Gasteiger partial charge on any atom is -0.457 e. The Morgan fingerprint density at radius 3 is 2.07 bits per heavy atom. The smallest absolute Gasteiger partial charge is 0.254 e. The molecule has 0 saturated carbocycles. The van der Waals surface area contributed by atoms with Crippen LogP contribution in [-0.2, 0) is 9.84 Å². The van der Waals surface area contributed by atoms with Crippen LogP contribution < -0.4 is 4.74 Å². The highest BCUT2D eigenvalue weighted by molar-refractivity contribution is 7.90. The Morgan fingerprint density at radius 2 is 1.52 bits per heavy atom. The first-order chi connectivity index (χ1) is 13.6. The third-order valence-corrected chi connectivity index (χ3v) is 5.97. The Balaban J connectivity index is 1.94. The molecule has 2 aromatic rings. The summed E-state index contributed by atoms with van der Waals surface area (Å²) in [5.74, 6) is 0.392. The van der Waals surface area contributed by atoms with E-state index in [9.17, 15) is 18.0 Å². The van der Waals surface area contributed by atoms with Gasteiger partial charge < -0.3 is 9.64 Å². The van der Waals surface area contributed by atoms with Gasteiger partial charge in [-0.1, -0.05) is 13.8 Å². The van der Waals surface area contributed by atoms with Crippen LogP contribution in [0.15, 0.2) is 47.4 Å². The molecule has 0 unspecified atom stereocenters. The van der Waals surface area contributed by atoms with Gasteiger partial charge in [0.1, 0.15) is 11.5 Å². The van der Waals surface area contributed by atoms with Crippen molar-refractivity contribution >= 4 is 21.5 Å². The van der Waals surface area contributed by atoms with E-state index in [1.807, 2.05) is 13.8 Å². The van der Waals surface area contributed by atoms with Crippen LogP contribution in [0.3, 0.4) is 0 Å². The van der Waals surface area contributed by atoms with Crippen LogP contribution in [0.5, 0.6) is 11.5 Å². The van der Waals surface area contributed by atoms with Crippen molar-refractivity contribution in [3.05, 3.63) is 53.6 Å². The summed E-state index contributed by atoms with van der Waals surface area (Å²) < 4.78 is 29.1. The maximum Gasteiger partial charge on any atom is 0.254 e. The van der Waals surface area contributed by atoms with E-state index in [4.69, 9.17) is 4.74 Å². The van der Waals surface area contributed by atoms with Gasteiger partial charge in [0.2, 0.25) is 0 Å². The molecule has 0 atom stereocenters. The van der Waals surface area contributed by atoms with Gasteiger partial charge >= 0.3 is 0 Å². The van der Waals surface area contributed by atoms with E-state index in [0.717, 1.165) is 19.1 Å². The molecular formula is C22H25NO5S. The molecule has 1 fully saturated rings. The van der Waals surface area contributed by atoms with Crippen LogP contribution in [0.25, 0.3) is 0 Å². The number of amides is 1. The molecule has 0 N–H and O–H groups in total. The zero-order valence-corrected chi connectivity index (χ0v) is 17.7. The first kappa shape index (κ1) is 21.0. The lowest BCUT2D eigenvalue weighted by molar-refractivity contribution is 0.0792. The molecule has 0 spiro atoms. The molecule has 1 heterocycles. The first-order valence-corrected chi connectivity index (χ1v) is 11.5. The lowest BCUT2D eigenvalue weighted by Gasteiger charge is -2.17. The number of nitrogens with zero attached hydrogens (tertiary/aromatic N) is 1. The predicted octanol–water partition coefficient (Wildman–Crippen LogP) is 3.96. The Hall–Kier alpha value is -2.67. The van der Waals surface area contributed by atoms with Gasteiger partial charge in [0.25, 0.3) is 5.91 Å². The van der Waals surface area contributed by atoms with Crippen molar-refractivity contribution < 1.29 is 22.7 Å². The molecule has 0 aromatic heterocycles. The highest BCUT2D eigenvalue weighted by Crippen LogP contribution is 2.27. The summed E-state index contributed by atoms with van der Waals surface area (Å²) in [6, 6.07) is 10.9. The van der Waals surface area contributed by atoms with Gasteiger partial charge in [-0.05, 0) is 55.3 Å². The Kier molecular flexibility index (Phi) is 6.07. The zero-order chi connectivity index (χ0) is 21.2. The molecule has 1 aliphatic rings. The van der Waals surface area contributed by atoms with E-state index < -0.39 is 9.84 Å². The molecule has 1 saturated heterocycles. The van der Waals surface area contributed by atoms with Crippen molar-refractivity contribution in [1.29, 1.82) is 0 Å². The molecule has 0 radical (unpaired) electrons. The third kappa shape index (κ3) is 5.03. The Morgan fingerprint density at radius 1 is 0.931 bits per heavy atom. The Labute approximate surface area is 171 Å². The summed E-state index contributed by atoms with van der Waals surface area (Å²) in [5, 5.41) is 0. The number of sulfone groups is 1. The second kappa shape index (κ2) is 8.37. The molecule has 0 bridgehead atoms. The SMILES string of the molecule is CC(C)C(=O)c1cc(Oc2ccc(S(C)(=O)=O)cc2)cc(C(=O)N2CCCC2)c1. The second-order valence-electron chi connectivity index (χ2n) is 7.61. The number of carbonyl (C=O) groups is 2. The normalized spacial score (nSPS) is 14.3. The molecule has 6 nitrogen and oxygen atoms in total. The number of hydrogen-bond donors (Lipinski definition) is 0. The molecule has 7 heteroatoms. The predicted molar refractivity (Wildman–Crippen MR) is 110 cm³/mol. The highest BCUT2D eigenvalue weighted by atomic mass is 32.2. The minimum atomic E-state index is -3.30. The van der Waals surface area contributed by atoms with Gasteiger partial charge in [-0.15, -0.1) is 0 Å². The van der Waals surface area contributed by atoms with Crippen molar-refractivity contribution in [2.24, 2.45) is 5.92 Å². The molecule has 29 heavy (non-hydrogen) atoms. The van der Waals surface area contributed by atoms with E-state index in [1.165, 1.54) is 12.1 Å². The van der Waals surface area contributed by atoms with Gasteiger partial charge in [0.15, 0.2) is 15.6 Å². The number of likely N-dealkylation sites (tertiary alicyclic amines) is 1. The highest BCUT2D eigenvalue weighted by Gasteiger charge is 2.22. The first-order valence-electron chi connectivity index (χ1n) is 9.62. The van der Waals surface area contributed by atoms with Crippen LogP contribution in [0.4, 0.5) is 0 Å². The van der Waals surface area contributed by atoms with Crippen LogP contribution in [-0.4, -0.2) is 44.4 Å². The molecule has 0 aliphatic carbocycles. The molecular weight excluding hydrogens is 390 g/mol. The summed E-state index contributed by atoms with van der Waals surface area (Å²) in [5.41, 5.74) is 0.842. The molecule has 2 aromatic carbocycles. The summed E-state index contributed by atoms with van der Waals surface area (Å²) in [6.45, 7) is 5.04. The van der Waals surface area contributed by atoms with Crippen molar-refractivity contribution in [3.63, 3.8) is 0 Å². The monoisotopic (exact) mass is 415 g/mol. The number of ketones is 1. The fourth-order valence-electron chi connectivity index (χ4n) is 3.25. The van der Waals surface area contributed by atoms with E-state index >= 15 is 0 Å². The molecule has 1 aliphatic heterocycles. The number of rotatable bonds is 6. The number of hydrogen-bond acceptors (Lipinski definition) is 5. The lowest BCUT2D eigenvalue weighted by atomic mass is 9.98. The number of Topliss-reactive ketones (excluding diaryl/α,β-unsaturated/α-hetero) is 1. The maximum atomic E-state index is 12.8. The van der Waals surface area contributed by atoms with Crippen LogP contribution in [0.1, 0.15) is 47.4 Å². The number of carbonyl (C=O) groups excluding carboxylic acids is 2. The summed E-state index contributed by atoms with van der Waals surface area (Å²) in [7, 11) is -3.30. The average molecular weight is 416 g/mol. The largest absolute Gasteiger partial charge is 0.457 e. The fraction of sp³-hybridized carbons (Fsp3) is 0.364. The zero-order valence-electron chi connectivity index (χ0n) is 16.8. The number of benzene rings is 2. The van der Waals surface area contributed by atoms with E-state index in [-0.39, 0.29) is 22.5 Å². The van der Waals surface area contributed by atoms with Crippen molar-refractivity contribution in [2.75, 3.05) is 19.3 Å². The van der Waals surface area contributed by atoms with Crippen LogP contribution >= 0.6 is 0 Å². The summed E-state index contributed by atoms with van der Waals surface area (Å²) in [4.78, 5) is 27.4. The second-order valence-corrected chi connectivity index (χ2v) is 9.63. The van der Waals surface area contributed by atoms with Gasteiger partial charge in [-0.25, -0.2) is 8.42 Å². The van der Waals surface area contributed by atoms with Crippen molar-refractivity contribution in [2.45, 2.75) is 31.6 Å². The third-order valence-electron chi connectivity index (χ3n) is 4.84. The standard InChI is InChI=1S/C22H25NO5S/c1-15(2)21(24)16-12-17(22(25)23-10-4-5-11-23)14-19(13-16)28-18-6-8-20(9-7-18)29(3,26)27/h6-9,12-15H,4-5,10-11H2,1-3H3. The number of ether oxygens (including phenoxy) is 1. The van der Waals surface area contributed by atoms with Crippen molar-refractivity contribution in [1.82, 2.24) is 4.90 Å². The summed E-state index contributed by atoms with van der Waals surface area (Å²) in [6.07, 6.45) is 3.10. The summed E-state index contributed by atoms with van der Waals surface area (Å²) >= 11 is 0. The van der Waals surface area contributed by atoms with E-state index in [1.54, 1.807) is 35.2 Å². The quantitative estimate of drug-likeness (QED) is 0.667. The maximum absolute atomic E-state index is 12.8. The van der Waals surface area contributed by atoms with E-state index in [2.05, 4.69) is 0 Å². The van der Waals surface area contributed by atoms with Gasteiger partial charge in [-0.3, -0.25) is 9.59 Å². The van der Waals surface area contributed by atoms with E-state index in [0.29, 0.717) is 35.7 Å². The minimum absolute atomic E-state index is 0.0710. The molecule has 3 rings (SSSR count). The lowest BCUT2D eigenvalue weighted by Crippen LogP contribution is -2.27. The fourth-order valence-corrected chi connectivity index (χ4v) is 3.88. The average Bonchev–Trinajstić information content (AvgIpc) is 3.21.